The largest absolute Gasteiger partial charge is 0.485 e. The fraction of sp³-hybridized carbons (Fsp3) is 0.381. The van der Waals surface area contributed by atoms with E-state index in [4.69, 9.17) is 9.47 Å². The van der Waals surface area contributed by atoms with Gasteiger partial charge in [0.15, 0.2) is 11.5 Å². The van der Waals surface area contributed by atoms with Crippen molar-refractivity contribution in [3.8, 4) is 11.5 Å². The molecule has 2 aromatic carbocycles. The van der Waals surface area contributed by atoms with Gasteiger partial charge in [-0.2, -0.15) is 0 Å². The molecule has 0 saturated heterocycles. The van der Waals surface area contributed by atoms with Gasteiger partial charge >= 0.3 is 0 Å². The van der Waals surface area contributed by atoms with Gasteiger partial charge in [0.1, 0.15) is 6.61 Å². The van der Waals surface area contributed by atoms with E-state index >= 15 is 0 Å². The van der Waals surface area contributed by atoms with Crippen molar-refractivity contribution in [1.82, 2.24) is 5.32 Å². The van der Waals surface area contributed by atoms with Gasteiger partial charge in [-0.3, -0.25) is 4.79 Å². The number of benzene rings is 2. The first-order valence-corrected chi connectivity index (χ1v) is 9.01. The zero-order valence-electron chi connectivity index (χ0n) is 14.5. The molecule has 2 aliphatic rings. The van der Waals surface area contributed by atoms with Crippen LogP contribution in [0.4, 0.5) is 0 Å². The highest BCUT2D eigenvalue weighted by atomic mass is 16.6. The topological polar surface area (TPSA) is 47.6 Å². The molecule has 2 aromatic rings. The molecule has 0 bridgehead atoms. The van der Waals surface area contributed by atoms with E-state index in [0.29, 0.717) is 11.5 Å². The molecule has 1 heterocycles. The van der Waals surface area contributed by atoms with Crippen LogP contribution in [-0.2, 0) is 17.6 Å². The normalized spacial score (nSPS) is 19.6. The van der Waals surface area contributed by atoms with E-state index in [9.17, 15) is 4.79 Å². The van der Waals surface area contributed by atoms with Crippen molar-refractivity contribution in [3.05, 3.63) is 59.2 Å². The molecule has 1 N–H and O–H groups in total. The molecule has 1 amide bonds. The molecule has 25 heavy (non-hydrogen) atoms. The lowest BCUT2D eigenvalue weighted by atomic mass is 9.89. The molecule has 0 spiro atoms. The molecule has 1 aliphatic heterocycles. The molecule has 2 atom stereocenters. The minimum Gasteiger partial charge on any atom is -0.485 e. The van der Waals surface area contributed by atoms with Gasteiger partial charge in [-0.1, -0.05) is 30.3 Å². The molecular weight excluding hydrogens is 314 g/mol. The van der Waals surface area contributed by atoms with E-state index in [1.165, 1.54) is 30.4 Å². The Labute approximate surface area is 148 Å². The fourth-order valence-corrected chi connectivity index (χ4v) is 3.56. The second-order valence-electron chi connectivity index (χ2n) is 6.83. The van der Waals surface area contributed by atoms with Gasteiger partial charge in [0.25, 0.3) is 5.91 Å². The van der Waals surface area contributed by atoms with Crippen LogP contribution in [0.1, 0.15) is 42.5 Å². The lowest BCUT2D eigenvalue weighted by molar-refractivity contribution is -0.131. The number of nitrogens with one attached hydrogen (secondary N) is 1. The van der Waals surface area contributed by atoms with Crippen molar-refractivity contribution in [2.24, 2.45) is 0 Å². The molecule has 4 heteroatoms. The number of hydrogen-bond acceptors (Lipinski definition) is 3. The molecule has 0 radical (unpaired) electrons. The van der Waals surface area contributed by atoms with Crippen molar-refractivity contribution in [2.75, 3.05) is 6.61 Å². The summed E-state index contributed by atoms with van der Waals surface area (Å²) >= 11 is 0. The van der Waals surface area contributed by atoms with E-state index < -0.39 is 6.10 Å². The monoisotopic (exact) mass is 337 g/mol. The third-order valence-corrected chi connectivity index (χ3v) is 5.03. The summed E-state index contributed by atoms with van der Waals surface area (Å²) in [6.07, 6.45) is 4.22. The van der Waals surface area contributed by atoms with Crippen LogP contribution in [0.3, 0.4) is 0 Å². The number of carbonyl (C=O) groups is 1. The summed E-state index contributed by atoms with van der Waals surface area (Å²) in [5.74, 6) is 1.17. The molecule has 0 aromatic heterocycles. The number of para-hydroxylation sites is 2. The first-order valence-electron chi connectivity index (χ1n) is 9.01. The van der Waals surface area contributed by atoms with Crippen LogP contribution in [0.15, 0.2) is 42.5 Å². The average Bonchev–Trinajstić information content (AvgIpc) is 2.67. The Morgan fingerprint density at radius 3 is 2.68 bits per heavy atom. The van der Waals surface area contributed by atoms with Crippen molar-refractivity contribution in [3.63, 3.8) is 0 Å². The van der Waals surface area contributed by atoms with Gasteiger partial charge in [0.05, 0.1) is 6.04 Å². The lowest BCUT2D eigenvalue weighted by Gasteiger charge is -2.27. The Balaban J connectivity index is 1.42. The second-order valence-corrected chi connectivity index (χ2v) is 6.83. The van der Waals surface area contributed by atoms with Gasteiger partial charge in [-0.05, 0) is 61.4 Å². The van der Waals surface area contributed by atoms with Crippen LogP contribution in [-0.4, -0.2) is 18.6 Å². The molecular formula is C21H23NO3. The standard InChI is InChI=1S/C21H23NO3/c1-14(16-11-10-15-6-2-3-7-17(15)12-16)22-21(23)20-13-24-18-8-4-5-9-19(18)25-20/h4-5,8-12,14,20H,2-3,6-7,13H2,1H3,(H,22,23)/t14-,20+/m1/s1. The third kappa shape index (κ3) is 3.34. The summed E-state index contributed by atoms with van der Waals surface area (Å²) < 4.78 is 11.4. The maximum atomic E-state index is 12.6. The van der Waals surface area contributed by atoms with Gasteiger partial charge in [-0.15, -0.1) is 0 Å². The van der Waals surface area contributed by atoms with Crippen LogP contribution in [0.2, 0.25) is 0 Å². The lowest BCUT2D eigenvalue weighted by Crippen LogP contribution is -2.44. The Morgan fingerprint density at radius 2 is 1.84 bits per heavy atom. The van der Waals surface area contributed by atoms with Crippen LogP contribution in [0.25, 0.3) is 0 Å². The summed E-state index contributed by atoms with van der Waals surface area (Å²) in [5, 5.41) is 3.06. The summed E-state index contributed by atoms with van der Waals surface area (Å²) in [5.41, 5.74) is 4.02. The molecule has 1 aliphatic carbocycles. The van der Waals surface area contributed by atoms with Crippen molar-refractivity contribution in [1.29, 1.82) is 0 Å². The first-order chi connectivity index (χ1) is 12.2. The smallest absolute Gasteiger partial charge is 0.265 e. The number of ether oxygens (including phenoxy) is 2. The maximum absolute atomic E-state index is 12.6. The Bertz CT molecular complexity index is 786. The highest BCUT2D eigenvalue weighted by Crippen LogP contribution is 2.31. The number of aryl methyl sites for hydroxylation is 2. The van der Waals surface area contributed by atoms with Crippen molar-refractivity contribution in [2.45, 2.75) is 44.8 Å². The van der Waals surface area contributed by atoms with Crippen molar-refractivity contribution < 1.29 is 14.3 Å². The predicted molar refractivity (Wildman–Crippen MR) is 96.0 cm³/mol. The number of carbonyl (C=O) groups excluding carboxylic acids is 1. The van der Waals surface area contributed by atoms with E-state index in [2.05, 4.69) is 23.5 Å². The second kappa shape index (κ2) is 6.79. The Kier molecular flexibility index (Phi) is 4.35. The number of fused-ring (bicyclic) bond motifs is 2. The van der Waals surface area contributed by atoms with Gasteiger partial charge in [0.2, 0.25) is 6.10 Å². The number of amides is 1. The van der Waals surface area contributed by atoms with E-state index in [0.717, 1.165) is 12.0 Å². The highest BCUT2D eigenvalue weighted by Gasteiger charge is 2.28. The number of rotatable bonds is 3. The molecule has 0 saturated carbocycles. The maximum Gasteiger partial charge on any atom is 0.265 e. The Hall–Kier alpha value is -2.49. The molecule has 4 rings (SSSR count). The van der Waals surface area contributed by atoms with E-state index in [1.807, 2.05) is 31.2 Å². The van der Waals surface area contributed by atoms with Gasteiger partial charge < -0.3 is 14.8 Å². The minimum absolute atomic E-state index is 0.0551. The summed E-state index contributed by atoms with van der Waals surface area (Å²) in [7, 11) is 0. The van der Waals surface area contributed by atoms with Crippen molar-refractivity contribution >= 4 is 5.91 Å². The van der Waals surface area contributed by atoms with E-state index in [-0.39, 0.29) is 18.6 Å². The summed E-state index contributed by atoms with van der Waals surface area (Å²) in [6, 6.07) is 14.0. The zero-order chi connectivity index (χ0) is 17.2. The summed E-state index contributed by atoms with van der Waals surface area (Å²) in [4.78, 5) is 12.6. The fourth-order valence-electron chi connectivity index (χ4n) is 3.56. The average molecular weight is 337 g/mol. The zero-order valence-corrected chi connectivity index (χ0v) is 14.5. The third-order valence-electron chi connectivity index (χ3n) is 5.03. The highest BCUT2D eigenvalue weighted by molar-refractivity contribution is 5.82. The molecule has 4 nitrogen and oxygen atoms in total. The van der Waals surface area contributed by atoms with Crippen LogP contribution in [0, 0.1) is 0 Å². The molecule has 130 valence electrons. The van der Waals surface area contributed by atoms with E-state index in [1.54, 1.807) is 0 Å². The van der Waals surface area contributed by atoms with Gasteiger partial charge in [0, 0.05) is 0 Å². The first kappa shape index (κ1) is 16.0. The minimum atomic E-state index is -0.616. The predicted octanol–water partition coefficient (Wildman–Crippen LogP) is 3.58. The Morgan fingerprint density at radius 1 is 1.08 bits per heavy atom. The van der Waals surface area contributed by atoms with Gasteiger partial charge in [-0.25, -0.2) is 0 Å². The quantitative estimate of drug-likeness (QED) is 0.931. The summed E-state index contributed by atoms with van der Waals surface area (Å²) in [6.45, 7) is 2.25. The molecule has 0 unspecified atom stereocenters. The molecule has 0 fully saturated rings. The van der Waals surface area contributed by atoms with Crippen LogP contribution in [0.5, 0.6) is 11.5 Å². The van der Waals surface area contributed by atoms with Crippen LogP contribution < -0.4 is 14.8 Å². The van der Waals surface area contributed by atoms with Crippen LogP contribution >= 0.6 is 0 Å². The SMILES string of the molecule is C[C@@H](NC(=O)[C@@H]1COc2ccccc2O1)c1ccc2c(c1)CCCC2. The number of hydrogen-bond donors (Lipinski definition) is 1.